The Hall–Kier alpha value is -1.54. The van der Waals surface area contributed by atoms with Crippen molar-refractivity contribution in [3.63, 3.8) is 0 Å². The van der Waals surface area contributed by atoms with Crippen molar-refractivity contribution in [2.24, 2.45) is 11.8 Å². The van der Waals surface area contributed by atoms with E-state index in [1.165, 1.54) is 31.7 Å². The summed E-state index contributed by atoms with van der Waals surface area (Å²) in [5.41, 5.74) is 1.60. The van der Waals surface area contributed by atoms with E-state index in [0.29, 0.717) is 11.5 Å². The molecule has 0 heterocycles. The molecule has 0 amide bonds. The molecule has 0 unspecified atom stereocenters. The molecule has 0 aliphatic heterocycles. The average Bonchev–Trinajstić information content (AvgIpc) is 2.57. The lowest BCUT2D eigenvalue weighted by molar-refractivity contribution is 0.188. The second-order valence-electron chi connectivity index (χ2n) is 6.56. The van der Waals surface area contributed by atoms with Gasteiger partial charge in [-0.3, -0.25) is 0 Å². The van der Waals surface area contributed by atoms with Gasteiger partial charge in [0.15, 0.2) is 0 Å². The maximum Gasteiger partial charge on any atom is 0.142 e. The first-order valence-electron chi connectivity index (χ1n) is 8.30. The van der Waals surface area contributed by atoms with E-state index in [1.54, 1.807) is 6.07 Å². The van der Waals surface area contributed by atoms with Crippen LogP contribution in [-0.2, 0) is 0 Å². The van der Waals surface area contributed by atoms with Crippen LogP contribution in [-0.4, -0.2) is 6.61 Å². The monoisotopic (exact) mass is 332 g/mol. The zero-order chi connectivity index (χ0) is 16.2. The lowest BCUT2D eigenvalue weighted by Gasteiger charge is -2.26. The van der Waals surface area contributed by atoms with Gasteiger partial charge in [-0.15, -0.1) is 0 Å². The van der Waals surface area contributed by atoms with Crippen molar-refractivity contribution in [2.45, 2.75) is 32.6 Å². The first-order chi connectivity index (χ1) is 11.1. The zero-order valence-corrected chi connectivity index (χ0v) is 14.2. The van der Waals surface area contributed by atoms with E-state index in [-0.39, 0.29) is 5.02 Å². The molecule has 3 heteroatoms. The third-order valence-electron chi connectivity index (χ3n) is 4.74. The van der Waals surface area contributed by atoms with Gasteiger partial charge in [-0.05, 0) is 48.4 Å². The van der Waals surface area contributed by atoms with Crippen molar-refractivity contribution >= 4 is 11.6 Å². The molecule has 0 N–H and O–H groups in total. The van der Waals surface area contributed by atoms with Crippen LogP contribution in [0.25, 0.3) is 11.1 Å². The molecule has 1 aliphatic carbocycles. The fourth-order valence-corrected chi connectivity index (χ4v) is 3.40. The Morgan fingerprint density at radius 3 is 2.43 bits per heavy atom. The second kappa shape index (κ2) is 7.35. The number of hydrogen-bond acceptors (Lipinski definition) is 1. The van der Waals surface area contributed by atoms with Gasteiger partial charge >= 0.3 is 0 Å². The maximum absolute atomic E-state index is 13.5. The molecule has 2 aromatic carbocycles. The Morgan fingerprint density at radius 1 is 1.04 bits per heavy atom. The molecular formula is C20H22ClFO. The zero-order valence-electron chi connectivity index (χ0n) is 13.4. The van der Waals surface area contributed by atoms with Gasteiger partial charge in [0.2, 0.25) is 0 Å². The SMILES string of the molecule is CC1CCC(COc2ccc(-c3cccc(F)c3Cl)cc2)CC1. The molecule has 0 atom stereocenters. The minimum atomic E-state index is -0.393. The third-order valence-corrected chi connectivity index (χ3v) is 5.12. The summed E-state index contributed by atoms with van der Waals surface area (Å²) < 4.78 is 19.5. The van der Waals surface area contributed by atoms with Crippen molar-refractivity contribution in [2.75, 3.05) is 6.61 Å². The molecular weight excluding hydrogens is 311 g/mol. The van der Waals surface area contributed by atoms with Crippen molar-refractivity contribution in [3.05, 3.63) is 53.3 Å². The van der Waals surface area contributed by atoms with Gasteiger partial charge in [-0.25, -0.2) is 4.39 Å². The van der Waals surface area contributed by atoms with Crippen molar-refractivity contribution < 1.29 is 9.13 Å². The van der Waals surface area contributed by atoms with E-state index in [9.17, 15) is 4.39 Å². The largest absolute Gasteiger partial charge is 0.493 e. The molecule has 0 spiro atoms. The first-order valence-corrected chi connectivity index (χ1v) is 8.68. The predicted octanol–water partition coefficient (Wildman–Crippen LogP) is 6.35. The van der Waals surface area contributed by atoms with E-state index < -0.39 is 5.82 Å². The normalized spacial score (nSPS) is 21.2. The highest BCUT2D eigenvalue weighted by Crippen LogP contribution is 2.32. The highest BCUT2D eigenvalue weighted by molar-refractivity contribution is 6.33. The summed E-state index contributed by atoms with van der Waals surface area (Å²) in [6, 6.07) is 12.6. The molecule has 2 aromatic rings. The minimum Gasteiger partial charge on any atom is -0.493 e. The van der Waals surface area contributed by atoms with Crippen LogP contribution in [0.4, 0.5) is 4.39 Å². The fourth-order valence-electron chi connectivity index (χ4n) is 3.17. The van der Waals surface area contributed by atoms with Crippen LogP contribution in [0.5, 0.6) is 5.75 Å². The van der Waals surface area contributed by atoms with Gasteiger partial charge in [-0.1, -0.05) is 55.6 Å². The van der Waals surface area contributed by atoms with Crippen LogP contribution >= 0.6 is 11.6 Å². The molecule has 0 aromatic heterocycles. The number of hydrogen-bond donors (Lipinski definition) is 0. The molecule has 1 aliphatic rings. The molecule has 0 saturated heterocycles. The number of rotatable bonds is 4. The van der Waals surface area contributed by atoms with Gasteiger partial charge in [0.1, 0.15) is 11.6 Å². The van der Waals surface area contributed by atoms with Crippen molar-refractivity contribution in [1.82, 2.24) is 0 Å². The van der Waals surface area contributed by atoms with Gasteiger partial charge in [0, 0.05) is 5.56 Å². The number of benzene rings is 2. The van der Waals surface area contributed by atoms with Gasteiger partial charge in [-0.2, -0.15) is 0 Å². The summed E-state index contributed by atoms with van der Waals surface area (Å²) in [6.45, 7) is 3.11. The standard InChI is InChI=1S/C20H22ClFO/c1-14-5-7-15(8-6-14)13-23-17-11-9-16(10-12-17)18-3-2-4-19(22)20(18)21/h2-4,9-12,14-15H,5-8,13H2,1H3. The minimum absolute atomic E-state index is 0.164. The molecule has 0 bridgehead atoms. The van der Waals surface area contributed by atoms with Crippen molar-refractivity contribution in [3.8, 4) is 16.9 Å². The molecule has 1 saturated carbocycles. The molecule has 122 valence electrons. The van der Waals surface area contributed by atoms with Crippen LogP contribution < -0.4 is 4.74 Å². The maximum atomic E-state index is 13.5. The number of ether oxygens (including phenoxy) is 1. The Balaban J connectivity index is 1.62. The summed E-state index contributed by atoms with van der Waals surface area (Å²) in [6.07, 6.45) is 5.15. The summed E-state index contributed by atoms with van der Waals surface area (Å²) in [5.74, 6) is 2.00. The Bertz CT molecular complexity index is 645. The summed E-state index contributed by atoms with van der Waals surface area (Å²) in [4.78, 5) is 0. The average molecular weight is 333 g/mol. The third kappa shape index (κ3) is 4.06. The van der Waals surface area contributed by atoms with E-state index in [4.69, 9.17) is 16.3 Å². The van der Waals surface area contributed by atoms with Crippen LogP contribution in [0.1, 0.15) is 32.6 Å². The predicted molar refractivity (Wildman–Crippen MR) is 93.5 cm³/mol. The molecule has 0 radical (unpaired) electrons. The Morgan fingerprint density at radius 2 is 1.74 bits per heavy atom. The number of halogens is 2. The highest BCUT2D eigenvalue weighted by Gasteiger charge is 2.18. The molecule has 1 fully saturated rings. The lowest BCUT2D eigenvalue weighted by Crippen LogP contribution is -2.18. The molecule has 3 rings (SSSR count). The van der Waals surface area contributed by atoms with Crippen LogP contribution in [0.3, 0.4) is 0 Å². The first kappa shape index (κ1) is 16.3. The van der Waals surface area contributed by atoms with E-state index in [0.717, 1.165) is 23.8 Å². The van der Waals surface area contributed by atoms with Gasteiger partial charge in [0.05, 0.1) is 11.6 Å². The Kier molecular flexibility index (Phi) is 5.22. The van der Waals surface area contributed by atoms with E-state index in [2.05, 4.69) is 6.92 Å². The molecule has 23 heavy (non-hydrogen) atoms. The van der Waals surface area contributed by atoms with Crippen LogP contribution in [0.2, 0.25) is 5.02 Å². The molecule has 1 nitrogen and oxygen atoms in total. The fraction of sp³-hybridized carbons (Fsp3) is 0.400. The smallest absolute Gasteiger partial charge is 0.142 e. The highest BCUT2D eigenvalue weighted by atomic mass is 35.5. The summed E-state index contributed by atoms with van der Waals surface area (Å²) >= 11 is 6.04. The van der Waals surface area contributed by atoms with Crippen molar-refractivity contribution in [1.29, 1.82) is 0 Å². The van der Waals surface area contributed by atoms with E-state index >= 15 is 0 Å². The quantitative estimate of drug-likeness (QED) is 0.633. The summed E-state index contributed by atoms with van der Waals surface area (Å²) in [5, 5.41) is 0.164. The van der Waals surface area contributed by atoms with Crippen LogP contribution in [0.15, 0.2) is 42.5 Å². The Labute approximate surface area is 142 Å². The van der Waals surface area contributed by atoms with Gasteiger partial charge in [0.25, 0.3) is 0 Å². The second-order valence-corrected chi connectivity index (χ2v) is 6.94. The van der Waals surface area contributed by atoms with E-state index in [1.807, 2.05) is 30.3 Å². The van der Waals surface area contributed by atoms with Crippen LogP contribution in [0, 0.1) is 17.7 Å². The van der Waals surface area contributed by atoms with Gasteiger partial charge < -0.3 is 4.74 Å². The lowest BCUT2D eigenvalue weighted by atomic mass is 9.83. The summed E-state index contributed by atoms with van der Waals surface area (Å²) in [7, 11) is 0. The topological polar surface area (TPSA) is 9.23 Å².